The van der Waals surface area contributed by atoms with Crippen LogP contribution in [0.5, 0.6) is 0 Å². The van der Waals surface area contributed by atoms with Crippen LogP contribution in [0.15, 0.2) is 4.99 Å². The van der Waals surface area contributed by atoms with Crippen LogP contribution in [0.2, 0.25) is 0 Å². The van der Waals surface area contributed by atoms with Gasteiger partial charge in [-0.1, -0.05) is 90.9 Å². The van der Waals surface area contributed by atoms with Crippen molar-refractivity contribution in [2.24, 2.45) is 4.99 Å². The Morgan fingerprint density at radius 3 is 1.55 bits per heavy atom. The van der Waals surface area contributed by atoms with Crippen molar-refractivity contribution in [2.45, 2.75) is 110 Å². The molecule has 0 bridgehead atoms. The third kappa shape index (κ3) is 13.8. The van der Waals surface area contributed by atoms with E-state index in [1.807, 2.05) is 0 Å². The molecule has 0 aromatic rings. The molecule has 1 unspecified atom stereocenters. The minimum absolute atomic E-state index is 0.240. The second-order valence-corrected chi connectivity index (χ2v) is 5.99. The number of rotatable bonds is 15. The van der Waals surface area contributed by atoms with Gasteiger partial charge in [-0.05, 0) is 12.8 Å². The lowest BCUT2D eigenvalue weighted by atomic mass is 10.0. The molecule has 0 fully saturated rings. The summed E-state index contributed by atoms with van der Waals surface area (Å²) >= 11 is 0. The van der Waals surface area contributed by atoms with Crippen LogP contribution in [-0.4, -0.2) is 12.1 Å². The average molecular weight is 281 g/mol. The number of aliphatic imine (C=N–C) groups is 1. The molecule has 0 saturated heterocycles. The van der Waals surface area contributed by atoms with E-state index in [0.29, 0.717) is 0 Å². The van der Waals surface area contributed by atoms with Gasteiger partial charge in [0, 0.05) is 0 Å². The molecule has 0 rings (SSSR count). The Kier molecular flexibility index (Phi) is 15.9. The van der Waals surface area contributed by atoms with Crippen LogP contribution in [-0.2, 0) is 4.79 Å². The zero-order valence-corrected chi connectivity index (χ0v) is 13.8. The van der Waals surface area contributed by atoms with Gasteiger partial charge in [-0.3, -0.25) is 0 Å². The van der Waals surface area contributed by atoms with Crippen LogP contribution in [0.25, 0.3) is 0 Å². The highest BCUT2D eigenvalue weighted by Crippen LogP contribution is 2.16. The first-order valence-electron chi connectivity index (χ1n) is 8.92. The number of nitrogens with zero attached hydrogens (tertiary/aromatic N) is 1. The Morgan fingerprint density at radius 1 is 0.700 bits per heavy atom. The number of unbranched alkanes of at least 4 members (excludes halogenated alkanes) is 10. The Labute approximate surface area is 126 Å². The lowest BCUT2D eigenvalue weighted by molar-refractivity contribution is 0.481. The standard InChI is InChI=1S/C18H35NO/c1-3-5-7-9-10-11-12-14-16-18(19-17-20)15-13-8-6-4-2/h18H,3-16H2,1-2H3. The number of isocyanates is 1. The molecular formula is C18H35NO. The fourth-order valence-corrected chi connectivity index (χ4v) is 2.67. The highest BCUT2D eigenvalue weighted by molar-refractivity contribution is 5.33. The van der Waals surface area contributed by atoms with E-state index >= 15 is 0 Å². The predicted octanol–water partition coefficient (Wildman–Crippen LogP) is 6.19. The zero-order valence-electron chi connectivity index (χ0n) is 13.8. The molecule has 118 valence electrons. The SMILES string of the molecule is CCCCCCCCCCC(CCCCCC)N=C=O. The van der Waals surface area contributed by atoms with Crippen LogP contribution >= 0.6 is 0 Å². The van der Waals surface area contributed by atoms with E-state index in [2.05, 4.69) is 18.8 Å². The normalized spacial score (nSPS) is 12.1. The van der Waals surface area contributed by atoms with Gasteiger partial charge in [0.2, 0.25) is 6.08 Å². The van der Waals surface area contributed by atoms with Crippen molar-refractivity contribution in [3.63, 3.8) is 0 Å². The van der Waals surface area contributed by atoms with Crippen molar-refractivity contribution in [3.8, 4) is 0 Å². The first-order chi connectivity index (χ1) is 9.85. The first kappa shape index (κ1) is 19.4. The maximum atomic E-state index is 10.4. The van der Waals surface area contributed by atoms with Crippen molar-refractivity contribution >= 4 is 6.08 Å². The number of hydrogen-bond donors (Lipinski definition) is 0. The van der Waals surface area contributed by atoms with E-state index < -0.39 is 0 Å². The molecular weight excluding hydrogens is 246 g/mol. The summed E-state index contributed by atoms with van der Waals surface area (Å²) in [6, 6.07) is 0.240. The quantitative estimate of drug-likeness (QED) is 0.200. The monoisotopic (exact) mass is 281 g/mol. The molecule has 0 amide bonds. The second-order valence-electron chi connectivity index (χ2n) is 5.99. The Morgan fingerprint density at radius 2 is 1.10 bits per heavy atom. The van der Waals surface area contributed by atoms with Gasteiger partial charge >= 0.3 is 0 Å². The lowest BCUT2D eigenvalue weighted by Crippen LogP contribution is -2.04. The summed E-state index contributed by atoms with van der Waals surface area (Å²) in [5, 5.41) is 0. The van der Waals surface area contributed by atoms with Crippen molar-refractivity contribution in [2.75, 3.05) is 0 Å². The van der Waals surface area contributed by atoms with Crippen molar-refractivity contribution in [1.82, 2.24) is 0 Å². The predicted molar refractivity (Wildman–Crippen MR) is 87.9 cm³/mol. The Bertz CT molecular complexity index is 234. The largest absolute Gasteiger partial charge is 0.235 e. The molecule has 0 aliphatic heterocycles. The van der Waals surface area contributed by atoms with Gasteiger partial charge < -0.3 is 0 Å². The molecule has 1 atom stereocenters. The topological polar surface area (TPSA) is 29.4 Å². The molecule has 20 heavy (non-hydrogen) atoms. The van der Waals surface area contributed by atoms with Crippen LogP contribution in [0, 0.1) is 0 Å². The fourth-order valence-electron chi connectivity index (χ4n) is 2.67. The third-order valence-corrected chi connectivity index (χ3v) is 4.02. The van der Waals surface area contributed by atoms with Gasteiger partial charge in [-0.2, -0.15) is 0 Å². The zero-order chi connectivity index (χ0) is 14.9. The lowest BCUT2D eigenvalue weighted by Gasteiger charge is -2.10. The third-order valence-electron chi connectivity index (χ3n) is 4.02. The van der Waals surface area contributed by atoms with Crippen LogP contribution < -0.4 is 0 Å². The molecule has 0 spiro atoms. The van der Waals surface area contributed by atoms with Gasteiger partial charge in [-0.15, -0.1) is 0 Å². The van der Waals surface area contributed by atoms with Gasteiger partial charge in [0.05, 0.1) is 6.04 Å². The summed E-state index contributed by atoms with van der Waals surface area (Å²) in [5.41, 5.74) is 0. The first-order valence-corrected chi connectivity index (χ1v) is 8.92. The highest BCUT2D eigenvalue weighted by Gasteiger charge is 2.06. The minimum atomic E-state index is 0.240. The van der Waals surface area contributed by atoms with Gasteiger partial charge in [0.15, 0.2) is 0 Å². The maximum Gasteiger partial charge on any atom is 0.235 e. The van der Waals surface area contributed by atoms with Gasteiger partial charge in [-0.25, -0.2) is 9.79 Å². The van der Waals surface area contributed by atoms with E-state index in [1.165, 1.54) is 77.0 Å². The van der Waals surface area contributed by atoms with E-state index in [4.69, 9.17) is 0 Å². The molecule has 0 saturated carbocycles. The fraction of sp³-hybridized carbons (Fsp3) is 0.944. The van der Waals surface area contributed by atoms with Crippen LogP contribution in [0.3, 0.4) is 0 Å². The highest BCUT2D eigenvalue weighted by atomic mass is 16.1. The smallest absolute Gasteiger partial charge is 0.211 e. The summed E-state index contributed by atoms with van der Waals surface area (Å²) in [5.74, 6) is 0. The summed E-state index contributed by atoms with van der Waals surface area (Å²) in [7, 11) is 0. The minimum Gasteiger partial charge on any atom is -0.211 e. The van der Waals surface area contributed by atoms with Crippen LogP contribution in [0.4, 0.5) is 0 Å². The number of carbonyl (C=O) groups excluding carboxylic acids is 1. The molecule has 0 heterocycles. The summed E-state index contributed by atoms with van der Waals surface area (Å²) in [6.45, 7) is 4.48. The molecule has 0 aliphatic rings. The average Bonchev–Trinajstić information content (AvgIpc) is 2.46. The summed E-state index contributed by atoms with van der Waals surface area (Å²) in [4.78, 5) is 14.4. The van der Waals surface area contributed by atoms with Crippen molar-refractivity contribution in [3.05, 3.63) is 0 Å². The van der Waals surface area contributed by atoms with Crippen molar-refractivity contribution in [1.29, 1.82) is 0 Å². The molecule has 0 aromatic carbocycles. The van der Waals surface area contributed by atoms with E-state index in [0.717, 1.165) is 12.8 Å². The second kappa shape index (κ2) is 16.4. The Balaban J connectivity index is 3.48. The summed E-state index contributed by atoms with van der Waals surface area (Å²) in [6.07, 6.45) is 19.7. The summed E-state index contributed by atoms with van der Waals surface area (Å²) < 4.78 is 0. The van der Waals surface area contributed by atoms with E-state index in [-0.39, 0.29) is 6.04 Å². The van der Waals surface area contributed by atoms with Crippen LogP contribution in [0.1, 0.15) is 104 Å². The Hall–Kier alpha value is -0.620. The van der Waals surface area contributed by atoms with Gasteiger partial charge in [0.25, 0.3) is 0 Å². The van der Waals surface area contributed by atoms with E-state index in [9.17, 15) is 4.79 Å². The molecule has 0 aromatic heterocycles. The molecule has 0 N–H and O–H groups in total. The van der Waals surface area contributed by atoms with Gasteiger partial charge in [0.1, 0.15) is 0 Å². The molecule has 2 nitrogen and oxygen atoms in total. The number of hydrogen-bond acceptors (Lipinski definition) is 2. The van der Waals surface area contributed by atoms with Crippen molar-refractivity contribution < 1.29 is 4.79 Å². The molecule has 0 aliphatic carbocycles. The molecule has 2 heteroatoms. The van der Waals surface area contributed by atoms with E-state index in [1.54, 1.807) is 6.08 Å². The maximum absolute atomic E-state index is 10.4. The molecule has 0 radical (unpaired) electrons.